The fourth-order valence-corrected chi connectivity index (χ4v) is 3.50. The molecule has 6 nitrogen and oxygen atoms in total. The van der Waals surface area contributed by atoms with E-state index in [1.165, 1.54) is 0 Å². The number of benzene rings is 3. The lowest BCUT2D eigenvalue weighted by molar-refractivity contribution is -0.112. The summed E-state index contributed by atoms with van der Waals surface area (Å²) >= 11 is 0. The molecule has 0 unspecified atom stereocenters. The maximum Gasteiger partial charge on any atom is 0.266 e. The van der Waals surface area contributed by atoms with Crippen LogP contribution in [0.15, 0.2) is 84.6 Å². The molecule has 0 saturated carbocycles. The first-order chi connectivity index (χ1) is 16.5. The highest BCUT2D eigenvalue weighted by Gasteiger charge is 2.16. The average molecular weight is 449 g/mol. The zero-order valence-electron chi connectivity index (χ0n) is 19.2. The van der Waals surface area contributed by atoms with Crippen molar-refractivity contribution in [1.82, 2.24) is 9.78 Å². The van der Waals surface area contributed by atoms with Crippen LogP contribution in [0.3, 0.4) is 0 Å². The molecule has 168 valence electrons. The zero-order chi connectivity index (χ0) is 24.1. The van der Waals surface area contributed by atoms with Gasteiger partial charge in [-0.25, -0.2) is 4.68 Å². The number of anilines is 1. The average Bonchev–Trinajstić information content (AvgIpc) is 3.29. The van der Waals surface area contributed by atoms with Crippen molar-refractivity contribution in [2.24, 2.45) is 0 Å². The van der Waals surface area contributed by atoms with Crippen LogP contribution in [0.25, 0.3) is 23.0 Å². The largest absolute Gasteiger partial charge is 0.497 e. The smallest absolute Gasteiger partial charge is 0.266 e. The van der Waals surface area contributed by atoms with E-state index in [0.29, 0.717) is 16.9 Å². The minimum atomic E-state index is -0.473. The molecule has 0 spiro atoms. The van der Waals surface area contributed by atoms with E-state index in [0.717, 1.165) is 28.1 Å². The van der Waals surface area contributed by atoms with Gasteiger partial charge in [-0.1, -0.05) is 24.3 Å². The van der Waals surface area contributed by atoms with Crippen LogP contribution in [0.2, 0.25) is 0 Å². The lowest BCUT2D eigenvalue weighted by atomic mass is 10.1. The van der Waals surface area contributed by atoms with E-state index in [-0.39, 0.29) is 5.57 Å². The summed E-state index contributed by atoms with van der Waals surface area (Å²) in [4.78, 5) is 12.9. The van der Waals surface area contributed by atoms with Crippen molar-refractivity contribution in [1.29, 1.82) is 5.26 Å². The molecule has 0 aliphatic heterocycles. The fraction of sp³-hybridized carbons (Fsp3) is 0.107. The highest BCUT2D eigenvalue weighted by molar-refractivity contribution is 6.10. The molecule has 34 heavy (non-hydrogen) atoms. The van der Waals surface area contributed by atoms with Gasteiger partial charge in [0.25, 0.3) is 5.91 Å². The first-order valence-electron chi connectivity index (χ1n) is 10.8. The van der Waals surface area contributed by atoms with Gasteiger partial charge in [0, 0.05) is 23.0 Å². The molecule has 0 bridgehead atoms. The van der Waals surface area contributed by atoms with Crippen LogP contribution < -0.4 is 10.1 Å². The van der Waals surface area contributed by atoms with Crippen molar-refractivity contribution < 1.29 is 9.53 Å². The van der Waals surface area contributed by atoms with Gasteiger partial charge in [0.2, 0.25) is 0 Å². The van der Waals surface area contributed by atoms with Crippen LogP contribution in [0, 0.1) is 25.2 Å². The maximum absolute atomic E-state index is 12.9. The molecular weight excluding hydrogens is 424 g/mol. The summed E-state index contributed by atoms with van der Waals surface area (Å²) < 4.78 is 7.00. The van der Waals surface area contributed by atoms with Gasteiger partial charge in [-0.05, 0) is 79.6 Å². The number of methoxy groups -OCH3 is 1. The lowest BCUT2D eigenvalue weighted by Gasteiger charge is -2.07. The summed E-state index contributed by atoms with van der Waals surface area (Å²) in [6, 6.07) is 24.8. The number of nitrogens with zero attached hydrogens (tertiary/aromatic N) is 3. The number of aromatic nitrogens is 2. The molecule has 0 atom stereocenters. The van der Waals surface area contributed by atoms with Crippen LogP contribution in [-0.4, -0.2) is 22.8 Å². The number of carbonyl (C=O) groups is 1. The Morgan fingerprint density at radius 1 is 1.03 bits per heavy atom. The molecule has 3 aromatic carbocycles. The highest BCUT2D eigenvalue weighted by atomic mass is 16.5. The molecule has 0 aliphatic carbocycles. The third-order valence-electron chi connectivity index (χ3n) is 5.56. The van der Waals surface area contributed by atoms with Gasteiger partial charge >= 0.3 is 0 Å². The van der Waals surface area contributed by atoms with E-state index in [1.54, 1.807) is 17.9 Å². The topological polar surface area (TPSA) is 79.9 Å². The number of hydrogen-bond donors (Lipinski definition) is 1. The molecule has 0 saturated heterocycles. The molecule has 0 radical (unpaired) electrons. The molecule has 0 aliphatic rings. The second-order valence-electron chi connectivity index (χ2n) is 7.86. The van der Waals surface area contributed by atoms with Gasteiger partial charge in [0.05, 0.1) is 18.5 Å². The number of nitrogens with one attached hydrogen (secondary N) is 1. The summed E-state index contributed by atoms with van der Waals surface area (Å²) in [5.41, 5.74) is 5.84. The van der Waals surface area contributed by atoms with Crippen LogP contribution in [-0.2, 0) is 4.79 Å². The van der Waals surface area contributed by atoms with E-state index in [1.807, 2.05) is 98.9 Å². The van der Waals surface area contributed by atoms with Crippen molar-refractivity contribution >= 4 is 17.7 Å². The quantitative estimate of drug-likeness (QED) is 0.303. The van der Waals surface area contributed by atoms with Crippen LogP contribution in [0.1, 0.15) is 16.7 Å². The fourth-order valence-electron chi connectivity index (χ4n) is 3.50. The molecular formula is C28H24N4O2. The minimum Gasteiger partial charge on any atom is -0.497 e. The summed E-state index contributed by atoms with van der Waals surface area (Å²) in [5, 5.41) is 17.3. The van der Waals surface area contributed by atoms with E-state index >= 15 is 0 Å². The van der Waals surface area contributed by atoms with Crippen molar-refractivity contribution in [3.8, 4) is 28.8 Å². The highest BCUT2D eigenvalue weighted by Crippen LogP contribution is 2.28. The Hall–Kier alpha value is -4.63. The molecule has 1 amide bonds. The van der Waals surface area contributed by atoms with E-state index < -0.39 is 5.91 Å². The van der Waals surface area contributed by atoms with Crippen molar-refractivity contribution in [3.05, 3.63) is 101 Å². The SMILES string of the molecule is COc1ccc(-c2nn(-c3ccccc3)cc2/C=C(\C#N)C(=O)Nc2ccc(C)c(C)c2)cc1. The monoisotopic (exact) mass is 448 g/mol. The lowest BCUT2D eigenvalue weighted by Crippen LogP contribution is -2.13. The molecule has 0 fully saturated rings. The number of amides is 1. The first-order valence-corrected chi connectivity index (χ1v) is 10.8. The van der Waals surface area contributed by atoms with Gasteiger partial charge in [0.1, 0.15) is 17.4 Å². The molecule has 1 aromatic heterocycles. The predicted octanol–water partition coefficient (Wildman–Crippen LogP) is 5.71. The first kappa shape index (κ1) is 22.6. The number of rotatable bonds is 6. The van der Waals surface area contributed by atoms with Crippen LogP contribution >= 0.6 is 0 Å². The Labute approximate surface area is 198 Å². The Balaban J connectivity index is 1.74. The normalized spacial score (nSPS) is 11.1. The standard InChI is InChI=1S/C28H24N4O2/c1-19-9-12-24(15-20(19)2)30-28(33)22(17-29)16-23-18-32(25-7-5-4-6-8-25)31-27(23)21-10-13-26(34-3)14-11-21/h4-16,18H,1-3H3,(H,30,33)/b22-16+. The zero-order valence-corrected chi connectivity index (χ0v) is 19.2. The summed E-state index contributed by atoms with van der Waals surface area (Å²) in [7, 11) is 1.61. The third kappa shape index (κ3) is 4.89. The second-order valence-corrected chi connectivity index (χ2v) is 7.86. The number of aryl methyl sites for hydroxylation is 2. The van der Waals surface area contributed by atoms with Gasteiger partial charge in [-0.15, -0.1) is 0 Å². The van der Waals surface area contributed by atoms with Crippen molar-refractivity contribution in [2.45, 2.75) is 13.8 Å². The number of carbonyl (C=O) groups excluding carboxylic acids is 1. The second kappa shape index (κ2) is 9.88. The van der Waals surface area contributed by atoms with Gasteiger partial charge < -0.3 is 10.1 Å². The van der Waals surface area contributed by atoms with E-state index in [9.17, 15) is 10.1 Å². The third-order valence-corrected chi connectivity index (χ3v) is 5.56. The Morgan fingerprint density at radius 2 is 1.76 bits per heavy atom. The van der Waals surface area contributed by atoms with Gasteiger partial charge in [-0.2, -0.15) is 10.4 Å². The Kier molecular flexibility index (Phi) is 6.56. The molecule has 4 aromatic rings. The Bertz CT molecular complexity index is 1390. The minimum absolute atomic E-state index is 0.0133. The number of para-hydroxylation sites is 1. The summed E-state index contributed by atoms with van der Waals surface area (Å²) in [6.07, 6.45) is 3.39. The van der Waals surface area contributed by atoms with Gasteiger partial charge in [0.15, 0.2) is 0 Å². The van der Waals surface area contributed by atoms with E-state index in [2.05, 4.69) is 5.32 Å². The number of hydrogen-bond acceptors (Lipinski definition) is 4. The molecule has 6 heteroatoms. The summed E-state index contributed by atoms with van der Waals surface area (Å²) in [6.45, 7) is 3.98. The number of nitriles is 1. The molecule has 4 rings (SSSR count). The molecule has 1 N–H and O–H groups in total. The summed E-state index contributed by atoms with van der Waals surface area (Å²) in [5.74, 6) is 0.257. The maximum atomic E-state index is 12.9. The van der Waals surface area contributed by atoms with Crippen molar-refractivity contribution in [2.75, 3.05) is 12.4 Å². The van der Waals surface area contributed by atoms with E-state index in [4.69, 9.17) is 9.84 Å². The van der Waals surface area contributed by atoms with Gasteiger partial charge in [-0.3, -0.25) is 4.79 Å². The Morgan fingerprint density at radius 3 is 2.41 bits per heavy atom. The number of ether oxygens (including phenoxy) is 1. The molecule has 1 heterocycles. The predicted molar refractivity (Wildman–Crippen MR) is 134 cm³/mol. The van der Waals surface area contributed by atoms with Crippen LogP contribution in [0.4, 0.5) is 5.69 Å². The van der Waals surface area contributed by atoms with Crippen LogP contribution in [0.5, 0.6) is 5.75 Å². The van der Waals surface area contributed by atoms with Crippen molar-refractivity contribution in [3.63, 3.8) is 0 Å².